The lowest BCUT2D eigenvalue weighted by Gasteiger charge is -2.22. The van der Waals surface area contributed by atoms with Crippen LogP contribution >= 0.6 is 11.8 Å². The molecule has 1 amide bonds. The van der Waals surface area contributed by atoms with Crippen LogP contribution in [0.5, 0.6) is 0 Å². The number of aryl methyl sites for hydroxylation is 2. The summed E-state index contributed by atoms with van der Waals surface area (Å²) in [7, 11) is 0. The fourth-order valence-corrected chi connectivity index (χ4v) is 3.90. The number of imidazole rings is 1. The average molecular weight is 343 g/mol. The maximum Gasteiger partial charge on any atom is 0.230 e. The zero-order valence-electron chi connectivity index (χ0n) is 14.4. The van der Waals surface area contributed by atoms with Crippen molar-refractivity contribution in [3.63, 3.8) is 0 Å². The predicted molar refractivity (Wildman–Crippen MR) is 98.8 cm³/mol. The summed E-state index contributed by atoms with van der Waals surface area (Å²) in [6, 6.07) is 6.74. The van der Waals surface area contributed by atoms with Gasteiger partial charge in [-0.1, -0.05) is 37.1 Å². The first kappa shape index (κ1) is 17.1. The number of nitrogens with zero attached hydrogens (tertiary/aromatic N) is 2. The molecule has 1 aromatic heterocycles. The number of amides is 1. The van der Waals surface area contributed by atoms with E-state index in [4.69, 9.17) is 0 Å². The second kappa shape index (κ2) is 7.88. The van der Waals surface area contributed by atoms with Gasteiger partial charge in [0.1, 0.15) is 0 Å². The van der Waals surface area contributed by atoms with Crippen LogP contribution in [0.4, 0.5) is 0 Å². The molecule has 1 aliphatic rings. The Morgan fingerprint density at radius 1 is 1.25 bits per heavy atom. The van der Waals surface area contributed by atoms with E-state index in [1.807, 2.05) is 10.8 Å². The lowest BCUT2D eigenvalue weighted by molar-refractivity contribution is -0.119. The van der Waals surface area contributed by atoms with E-state index in [0.29, 0.717) is 11.8 Å². The molecule has 128 valence electrons. The van der Waals surface area contributed by atoms with Gasteiger partial charge in [-0.3, -0.25) is 9.36 Å². The summed E-state index contributed by atoms with van der Waals surface area (Å²) in [5.74, 6) is 0.528. The van der Waals surface area contributed by atoms with Gasteiger partial charge in [-0.25, -0.2) is 4.98 Å². The molecular weight excluding hydrogens is 318 g/mol. The van der Waals surface area contributed by atoms with E-state index >= 15 is 0 Å². The molecule has 2 aromatic rings. The summed E-state index contributed by atoms with van der Waals surface area (Å²) in [4.78, 5) is 16.6. The Hall–Kier alpha value is -1.75. The summed E-state index contributed by atoms with van der Waals surface area (Å²) in [6.07, 6.45) is 9.74. The standard InChI is InChI=1S/C19H25N3OS/c1-14-8-9-17(12-15(14)2)22-11-10-20-19(22)24-13-18(23)21-16-6-4-3-5-7-16/h8-12,16H,3-7,13H2,1-2H3,(H,21,23). The zero-order chi connectivity index (χ0) is 16.9. The van der Waals surface area contributed by atoms with Crippen molar-refractivity contribution in [2.24, 2.45) is 0 Å². The fourth-order valence-electron chi connectivity index (χ4n) is 3.11. The van der Waals surface area contributed by atoms with Gasteiger partial charge in [-0.2, -0.15) is 0 Å². The number of hydrogen-bond donors (Lipinski definition) is 1. The Kier molecular flexibility index (Phi) is 5.61. The second-order valence-corrected chi connectivity index (χ2v) is 7.48. The SMILES string of the molecule is Cc1ccc(-n2ccnc2SCC(=O)NC2CCCCC2)cc1C. The Morgan fingerprint density at radius 3 is 2.79 bits per heavy atom. The minimum Gasteiger partial charge on any atom is -0.353 e. The Morgan fingerprint density at radius 2 is 2.04 bits per heavy atom. The van der Waals surface area contributed by atoms with Crippen molar-refractivity contribution in [3.8, 4) is 5.69 Å². The molecule has 0 radical (unpaired) electrons. The van der Waals surface area contributed by atoms with Crippen LogP contribution in [-0.2, 0) is 4.79 Å². The smallest absolute Gasteiger partial charge is 0.230 e. The Balaban J connectivity index is 1.61. The predicted octanol–water partition coefficient (Wildman–Crippen LogP) is 4.03. The summed E-state index contributed by atoms with van der Waals surface area (Å²) in [5.41, 5.74) is 3.62. The number of thioether (sulfide) groups is 1. The van der Waals surface area contributed by atoms with Gasteiger partial charge >= 0.3 is 0 Å². The summed E-state index contributed by atoms with van der Waals surface area (Å²) >= 11 is 1.50. The summed E-state index contributed by atoms with van der Waals surface area (Å²) in [5, 5.41) is 4.02. The number of hydrogen-bond acceptors (Lipinski definition) is 3. The summed E-state index contributed by atoms with van der Waals surface area (Å²) < 4.78 is 2.05. The van der Waals surface area contributed by atoms with Gasteiger partial charge < -0.3 is 5.32 Å². The van der Waals surface area contributed by atoms with Crippen molar-refractivity contribution in [2.45, 2.75) is 57.1 Å². The minimum absolute atomic E-state index is 0.113. The van der Waals surface area contributed by atoms with Gasteiger partial charge in [0, 0.05) is 24.1 Å². The van der Waals surface area contributed by atoms with E-state index < -0.39 is 0 Å². The molecule has 1 N–H and O–H groups in total. The fraction of sp³-hybridized carbons (Fsp3) is 0.474. The lowest BCUT2D eigenvalue weighted by Crippen LogP contribution is -2.37. The molecule has 1 aliphatic carbocycles. The van der Waals surface area contributed by atoms with Crippen LogP contribution in [0, 0.1) is 13.8 Å². The molecule has 0 aliphatic heterocycles. The Labute approximate surface area is 148 Å². The average Bonchev–Trinajstić information content (AvgIpc) is 3.05. The van der Waals surface area contributed by atoms with Crippen LogP contribution in [0.3, 0.4) is 0 Å². The molecule has 0 spiro atoms. The quantitative estimate of drug-likeness (QED) is 0.834. The molecule has 3 rings (SSSR count). The number of carbonyl (C=O) groups is 1. The van der Waals surface area contributed by atoms with Crippen LogP contribution in [0.2, 0.25) is 0 Å². The molecular formula is C19H25N3OS. The van der Waals surface area contributed by atoms with E-state index in [-0.39, 0.29) is 5.91 Å². The van der Waals surface area contributed by atoms with Gasteiger partial charge in [0.05, 0.1) is 5.75 Å². The maximum absolute atomic E-state index is 12.2. The third kappa shape index (κ3) is 4.20. The van der Waals surface area contributed by atoms with Crippen molar-refractivity contribution in [1.82, 2.24) is 14.9 Å². The second-order valence-electron chi connectivity index (χ2n) is 6.54. The molecule has 1 fully saturated rings. The van der Waals surface area contributed by atoms with Gasteiger partial charge in [0.25, 0.3) is 0 Å². The van der Waals surface area contributed by atoms with Crippen LogP contribution < -0.4 is 5.32 Å². The molecule has 0 atom stereocenters. The van der Waals surface area contributed by atoms with Crippen LogP contribution in [0.15, 0.2) is 35.7 Å². The first-order valence-electron chi connectivity index (χ1n) is 8.66. The van der Waals surface area contributed by atoms with E-state index in [0.717, 1.165) is 23.7 Å². The number of aromatic nitrogens is 2. The zero-order valence-corrected chi connectivity index (χ0v) is 15.2. The highest BCUT2D eigenvalue weighted by Crippen LogP contribution is 2.22. The van der Waals surface area contributed by atoms with Crippen LogP contribution in [0.1, 0.15) is 43.2 Å². The van der Waals surface area contributed by atoms with E-state index in [1.165, 1.54) is 42.2 Å². The summed E-state index contributed by atoms with van der Waals surface area (Å²) in [6.45, 7) is 4.22. The molecule has 24 heavy (non-hydrogen) atoms. The van der Waals surface area contributed by atoms with Crippen LogP contribution in [-0.4, -0.2) is 27.3 Å². The lowest BCUT2D eigenvalue weighted by atomic mass is 9.95. The molecule has 5 heteroatoms. The normalized spacial score (nSPS) is 15.4. The van der Waals surface area contributed by atoms with E-state index in [1.54, 1.807) is 6.20 Å². The third-order valence-corrected chi connectivity index (χ3v) is 5.64. The number of rotatable bonds is 5. The highest BCUT2D eigenvalue weighted by atomic mass is 32.2. The molecule has 0 bridgehead atoms. The number of nitrogens with one attached hydrogen (secondary N) is 1. The van der Waals surface area contributed by atoms with E-state index in [9.17, 15) is 4.79 Å². The van der Waals surface area contributed by atoms with Gasteiger partial charge in [-0.05, 0) is 49.9 Å². The van der Waals surface area contributed by atoms with Crippen molar-refractivity contribution < 1.29 is 4.79 Å². The van der Waals surface area contributed by atoms with Crippen molar-refractivity contribution >= 4 is 17.7 Å². The van der Waals surface area contributed by atoms with Crippen LogP contribution in [0.25, 0.3) is 5.69 Å². The molecule has 0 saturated heterocycles. The minimum atomic E-state index is 0.113. The van der Waals surface area contributed by atoms with Gasteiger partial charge in [-0.15, -0.1) is 0 Å². The van der Waals surface area contributed by atoms with Crippen molar-refractivity contribution in [1.29, 1.82) is 0 Å². The number of benzene rings is 1. The highest BCUT2D eigenvalue weighted by molar-refractivity contribution is 7.99. The molecule has 4 nitrogen and oxygen atoms in total. The van der Waals surface area contributed by atoms with Crippen molar-refractivity contribution in [3.05, 3.63) is 41.7 Å². The molecule has 1 heterocycles. The first-order valence-corrected chi connectivity index (χ1v) is 9.65. The van der Waals surface area contributed by atoms with Crippen molar-refractivity contribution in [2.75, 3.05) is 5.75 Å². The topological polar surface area (TPSA) is 46.9 Å². The van der Waals surface area contributed by atoms with Gasteiger partial charge in [0.2, 0.25) is 5.91 Å². The Bertz CT molecular complexity index is 704. The van der Waals surface area contributed by atoms with E-state index in [2.05, 4.69) is 42.3 Å². The van der Waals surface area contributed by atoms with Gasteiger partial charge in [0.15, 0.2) is 5.16 Å². The highest BCUT2D eigenvalue weighted by Gasteiger charge is 2.16. The first-order chi connectivity index (χ1) is 11.6. The largest absolute Gasteiger partial charge is 0.353 e. The number of carbonyl (C=O) groups excluding carboxylic acids is 1. The molecule has 1 saturated carbocycles. The molecule has 0 unspecified atom stereocenters. The molecule has 1 aromatic carbocycles. The maximum atomic E-state index is 12.2. The third-order valence-electron chi connectivity index (χ3n) is 4.68. The monoisotopic (exact) mass is 343 g/mol.